The van der Waals surface area contributed by atoms with E-state index < -0.39 is 10.0 Å². The van der Waals surface area contributed by atoms with Crippen molar-refractivity contribution in [2.75, 3.05) is 6.61 Å². The van der Waals surface area contributed by atoms with E-state index >= 15 is 0 Å². The molecule has 166 valence electrons. The Morgan fingerprint density at radius 1 is 1.06 bits per heavy atom. The number of benzene rings is 3. The van der Waals surface area contributed by atoms with Crippen LogP contribution in [0.15, 0.2) is 93.9 Å². The van der Waals surface area contributed by atoms with Gasteiger partial charge >= 0.3 is 0 Å². The fourth-order valence-corrected chi connectivity index (χ4v) is 3.59. The molecule has 0 atom stereocenters. The normalized spacial score (nSPS) is 11.3. The fourth-order valence-electron chi connectivity index (χ4n) is 2.68. The number of hydrogen-bond acceptors (Lipinski definition) is 5. The number of nitrogens with one attached hydrogen (secondary N) is 1. The lowest BCUT2D eigenvalue weighted by molar-refractivity contribution is 0.304. The van der Waals surface area contributed by atoms with E-state index in [1.807, 2.05) is 37.3 Å². The number of ether oxygens (including phenoxy) is 2. The van der Waals surface area contributed by atoms with Gasteiger partial charge in [0.15, 0.2) is 0 Å². The Bertz CT molecular complexity index is 1190. The third kappa shape index (κ3) is 6.96. The van der Waals surface area contributed by atoms with E-state index in [4.69, 9.17) is 9.47 Å². The first-order valence-electron chi connectivity index (χ1n) is 9.72. The SMILES string of the molecule is C=C(Br)COc1ccc(OCc2ccccc2)cc1/C=N/NS(=O)(=O)c1ccc(C)cc1. The van der Waals surface area contributed by atoms with Crippen LogP contribution in [0.25, 0.3) is 0 Å². The van der Waals surface area contributed by atoms with Gasteiger partial charge in [-0.15, -0.1) is 0 Å². The van der Waals surface area contributed by atoms with Crippen molar-refractivity contribution in [1.29, 1.82) is 0 Å². The molecule has 3 aromatic rings. The van der Waals surface area contributed by atoms with E-state index in [2.05, 4.69) is 32.4 Å². The van der Waals surface area contributed by atoms with Crippen LogP contribution in [0.5, 0.6) is 11.5 Å². The van der Waals surface area contributed by atoms with E-state index in [9.17, 15) is 8.42 Å². The van der Waals surface area contributed by atoms with E-state index in [0.29, 0.717) is 28.2 Å². The van der Waals surface area contributed by atoms with Crippen molar-refractivity contribution >= 4 is 32.2 Å². The average molecular weight is 515 g/mol. The highest BCUT2D eigenvalue weighted by Gasteiger charge is 2.12. The Hall–Kier alpha value is -3.10. The molecule has 0 amide bonds. The van der Waals surface area contributed by atoms with Gasteiger partial charge in [0.1, 0.15) is 24.7 Å². The Kier molecular flexibility index (Phi) is 8.08. The van der Waals surface area contributed by atoms with Gasteiger partial charge in [0.25, 0.3) is 10.0 Å². The molecule has 0 bridgehead atoms. The van der Waals surface area contributed by atoms with Crippen molar-refractivity contribution < 1.29 is 17.9 Å². The van der Waals surface area contributed by atoms with Gasteiger partial charge in [-0.2, -0.15) is 13.5 Å². The highest BCUT2D eigenvalue weighted by atomic mass is 79.9. The zero-order chi connectivity index (χ0) is 23.0. The van der Waals surface area contributed by atoms with Gasteiger partial charge in [-0.3, -0.25) is 0 Å². The van der Waals surface area contributed by atoms with Crippen molar-refractivity contribution in [2.45, 2.75) is 18.4 Å². The van der Waals surface area contributed by atoms with E-state index in [-0.39, 0.29) is 11.5 Å². The molecule has 0 fully saturated rings. The van der Waals surface area contributed by atoms with Gasteiger partial charge in [-0.1, -0.05) is 70.5 Å². The Morgan fingerprint density at radius 3 is 2.47 bits per heavy atom. The molecule has 0 saturated heterocycles. The molecule has 1 N–H and O–H groups in total. The van der Waals surface area contributed by atoms with Crippen LogP contribution in [0.2, 0.25) is 0 Å². The molecule has 0 aliphatic rings. The second-order valence-corrected chi connectivity index (χ2v) is 9.73. The molecule has 0 aliphatic heterocycles. The number of nitrogens with zero attached hydrogens (tertiary/aromatic N) is 1. The molecule has 0 spiro atoms. The number of halogens is 1. The molecule has 0 aliphatic carbocycles. The summed E-state index contributed by atoms with van der Waals surface area (Å²) in [5, 5.41) is 3.93. The van der Waals surface area contributed by atoms with Gasteiger partial charge in [-0.05, 0) is 42.8 Å². The first kappa shape index (κ1) is 23.6. The summed E-state index contributed by atoms with van der Waals surface area (Å²) < 4.78 is 37.2. The molecule has 3 rings (SSSR count). The Morgan fingerprint density at radius 2 is 1.78 bits per heavy atom. The van der Waals surface area contributed by atoms with Crippen LogP contribution in [-0.4, -0.2) is 21.2 Å². The van der Waals surface area contributed by atoms with Gasteiger partial charge in [0, 0.05) is 10.0 Å². The van der Waals surface area contributed by atoms with E-state index in [1.165, 1.54) is 18.3 Å². The third-order valence-electron chi connectivity index (χ3n) is 4.32. The number of sulfonamides is 1. The molecule has 3 aromatic carbocycles. The maximum atomic E-state index is 12.5. The molecule has 8 heteroatoms. The molecule has 0 radical (unpaired) electrons. The standard InChI is InChI=1S/C24H23BrN2O4S/c1-18-8-11-23(12-9-18)32(28,29)27-26-15-21-14-22(10-13-24(21)31-16-19(2)25)30-17-20-6-4-3-5-7-20/h3-15,27H,2,16-17H2,1H3/b26-15+. The minimum atomic E-state index is -3.78. The molecule has 0 aromatic heterocycles. The van der Waals surface area contributed by atoms with Crippen LogP contribution in [0.4, 0.5) is 0 Å². The van der Waals surface area contributed by atoms with Crippen molar-refractivity contribution in [3.63, 3.8) is 0 Å². The molecule has 0 heterocycles. The first-order valence-corrected chi connectivity index (χ1v) is 12.0. The highest BCUT2D eigenvalue weighted by molar-refractivity contribution is 9.11. The number of hydrazone groups is 1. The molecular weight excluding hydrogens is 492 g/mol. The minimum absolute atomic E-state index is 0.132. The third-order valence-corrected chi connectivity index (χ3v) is 5.79. The lowest BCUT2D eigenvalue weighted by Crippen LogP contribution is -2.18. The van der Waals surface area contributed by atoms with E-state index in [1.54, 1.807) is 30.3 Å². The summed E-state index contributed by atoms with van der Waals surface area (Å²) in [5.41, 5.74) is 2.55. The predicted molar refractivity (Wildman–Crippen MR) is 130 cm³/mol. The van der Waals surface area contributed by atoms with Crippen LogP contribution in [0.1, 0.15) is 16.7 Å². The summed E-state index contributed by atoms with van der Waals surface area (Å²) in [6, 6.07) is 21.6. The first-order chi connectivity index (χ1) is 15.3. The highest BCUT2D eigenvalue weighted by Crippen LogP contribution is 2.24. The Balaban J connectivity index is 1.77. The van der Waals surface area contributed by atoms with Gasteiger partial charge in [-0.25, -0.2) is 4.83 Å². The van der Waals surface area contributed by atoms with Crippen LogP contribution >= 0.6 is 15.9 Å². The summed E-state index contributed by atoms with van der Waals surface area (Å²) in [4.78, 5) is 2.36. The van der Waals surface area contributed by atoms with Crippen molar-refractivity contribution in [3.05, 3.63) is 101 Å². The summed E-state index contributed by atoms with van der Waals surface area (Å²) in [7, 11) is -3.78. The number of hydrogen-bond donors (Lipinski definition) is 1. The summed E-state index contributed by atoms with van der Waals surface area (Å²) >= 11 is 3.26. The van der Waals surface area contributed by atoms with Gasteiger partial charge in [0.05, 0.1) is 11.1 Å². The smallest absolute Gasteiger partial charge is 0.276 e. The topological polar surface area (TPSA) is 77.0 Å². The fraction of sp³-hybridized carbons (Fsp3) is 0.125. The molecule has 6 nitrogen and oxygen atoms in total. The predicted octanol–water partition coefficient (Wildman–Crippen LogP) is 5.17. The minimum Gasteiger partial charge on any atom is -0.489 e. The van der Waals surface area contributed by atoms with Gasteiger partial charge < -0.3 is 9.47 Å². The van der Waals surface area contributed by atoms with Gasteiger partial charge in [0.2, 0.25) is 0 Å². The second kappa shape index (κ2) is 11.0. The number of rotatable bonds is 10. The molecule has 0 unspecified atom stereocenters. The van der Waals surface area contributed by atoms with Crippen molar-refractivity contribution in [1.82, 2.24) is 4.83 Å². The molecule has 32 heavy (non-hydrogen) atoms. The van der Waals surface area contributed by atoms with Crippen LogP contribution in [-0.2, 0) is 16.6 Å². The van der Waals surface area contributed by atoms with Crippen LogP contribution in [0, 0.1) is 6.92 Å². The van der Waals surface area contributed by atoms with Crippen LogP contribution < -0.4 is 14.3 Å². The monoisotopic (exact) mass is 514 g/mol. The summed E-state index contributed by atoms with van der Waals surface area (Å²) in [6.07, 6.45) is 1.38. The molecular formula is C24H23BrN2O4S. The lowest BCUT2D eigenvalue weighted by Gasteiger charge is -2.12. The average Bonchev–Trinajstić information content (AvgIpc) is 2.78. The van der Waals surface area contributed by atoms with Crippen molar-refractivity contribution in [3.8, 4) is 11.5 Å². The zero-order valence-electron chi connectivity index (χ0n) is 17.5. The second-order valence-electron chi connectivity index (χ2n) is 6.95. The quantitative estimate of drug-likeness (QED) is 0.299. The lowest BCUT2D eigenvalue weighted by atomic mass is 10.2. The zero-order valence-corrected chi connectivity index (χ0v) is 19.9. The van der Waals surface area contributed by atoms with Crippen LogP contribution in [0.3, 0.4) is 0 Å². The molecule has 0 saturated carbocycles. The van der Waals surface area contributed by atoms with Crippen molar-refractivity contribution in [2.24, 2.45) is 5.10 Å². The van der Waals surface area contributed by atoms with E-state index in [0.717, 1.165) is 11.1 Å². The summed E-state index contributed by atoms with van der Waals surface area (Å²) in [6.45, 7) is 6.29. The maximum absolute atomic E-state index is 12.5. The number of aryl methyl sites for hydroxylation is 1. The summed E-state index contributed by atoms with van der Waals surface area (Å²) in [5.74, 6) is 1.11. The maximum Gasteiger partial charge on any atom is 0.276 e. The largest absolute Gasteiger partial charge is 0.489 e. The Labute approximate surface area is 196 Å².